The lowest BCUT2D eigenvalue weighted by Crippen LogP contribution is -2.31. The van der Waals surface area contributed by atoms with Crippen molar-refractivity contribution in [2.45, 2.75) is 52.9 Å². The van der Waals surface area contributed by atoms with Crippen molar-refractivity contribution in [3.05, 3.63) is 70.8 Å². The highest BCUT2D eigenvalue weighted by Crippen LogP contribution is 2.38. The Bertz CT molecular complexity index is 1000. The normalized spacial score (nSPS) is 17.1. The molecule has 3 rings (SSSR count). The van der Waals surface area contributed by atoms with Gasteiger partial charge in [-0.2, -0.15) is 0 Å². The summed E-state index contributed by atoms with van der Waals surface area (Å²) in [4.78, 5) is 38.5. The Morgan fingerprint density at radius 3 is 2.39 bits per heavy atom. The second-order valence-corrected chi connectivity index (χ2v) is 7.99. The first-order valence-electron chi connectivity index (χ1n) is 11.1. The lowest BCUT2D eigenvalue weighted by molar-refractivity contribution is -0.128. The van der Waals surface area contributed by atoms with Crippen LogP contribution in [0.15, 0.2) is 48.5 Å². The largest absolute Gasteiger partial charge is 0.492 e. The zero-order chi connectivity index (χ0) is 22.4. The zero-order valence-electron chi connectivity index (χ0n) is 18.6. The third kappa shape index (κ3) is 5.01. The smallest absolute Gasteiger partial charge is 0.177 e. The van der Waals surface area contributed by atoms with E-state index in [2.05, 4.69) is 6.92 Å². The van der Waals surface area contributed by atoms with E-state index in [9.17, 15) is 14.4 Å². The average molecular weight is 419 g/mol. The number of benzene rings is 2. The van der Waals surface area contributed by atoms with Crippen LogP contribution in [0, 0.1) is 5.92 Å². The molecule has 0 saturated carbocycles. The Kier molecular flexibility index (Phi) is 7.56. The van der Waals surface area contributed by atoms with Crippen molar-refractivity contribution >= 4 is 28.7 Å². The number of Topliss-reactive ketones (excluding diaryl/α,β-unsaturated/α-hetero) is 3. The molecule has 1 unspecified atom stereocenters. The minimum absolute atomic E-state index is 0.0782. The molecule has 1 atom stereocenters. The molecule has 1 aliphatic rings. The lowest BCUT2D eigenvalue weighted by Gasteiger charge is -2.27. The van der Waals surface area contributed by atoms with E-state index in [1.54, 1.807) is 0 Å². The molecule has 0 spiro atoms. The fourth-order valence-electron chi connectivity index (χ4n) is 4.06. The molecule has 31 heavy (non-hydrogen) atoms. The number of hydrogen-bond donors (Lipinski definition) is 0. The molecular weight excluding hydrogens is 388 g/mol. The quantitative estimate of drug-likeness (QED) is 0.173. The van der Waals surface area contributed by atoms with E-state index in [4.69, 9.17) is 4.74 Å². The highest BCUT2D eigenvalue weighted by Gasteiger charge is 2.36. The standard InChI is InChI=1S/C27H30O4/c1-4-6-8-13-24(29)21-15-14-20-16-22(18(3)28)26(30)25(23(20)17-21)27(31-5-2)19-11-9-7-10-12-19/h7,9-12,14-15,17,22H,4-6,8,13,16H2,1-3H3/b27-25-. The molecule has 0 bridgehead atoms. The first-order valence-corrected chi connectivity index (χ1v) is 11.1. The van der Waals surface area contributed by atoms with E-state index in [1.165, 1.54) is 6.92 Å². The monoisotopic (exact) mass is 418 g/mol. The van der Waals surface area contributed by atoms with E-state index in [0.29, 0.717) is 41.9 Å². The van der Waals surface area contributed by atoms with E-state index in [-0.39, 0.29) is 17.3 Å². The first-order chi connectivity index (χ1) is 15.0. The topological polar surface area (TPSA) is 60.4 Å². The van der Waals surface area contributed by atoms with Crippen LogP contribution in [-0.2, 0) is 20.7 Å². The minimum Gasteiger partial charge on any atom is -0.492 e. The summed E-state index contributed by atoms with van der Waals surface area (Å²) < 4.78 is 5.97. The van der Waals surface area contributed by atoms with Gasteiger partial charge >= 0.3 is 0 Å². The maximum Gasteiger partial charge on any atom is 0.177 e. The average Bonchev–Trinajstić information content (AvgIpc) is 2.77. The molecule has 0 amide bonds. The first kappa shape index (κ1) is 22.7. The van der Waals surface area contributed by atoms with Crippen LogP contribution in [0.5, 0.6) is 0 Å². The zero-order valence-corrected chi connectivity index (χ0v) is 18.6. The molecule has 2 aromatic rings. The molecule has 1 aliphatic carbocycles. The molecule has 4 heteroatoms. The highest BCUT2D eigenvalue weighted by molar-refractivity contribution is 6.33. The third-order valence-corrected chi connectivity index (χ3v) is 5.74. The molecule has 0 heterocycles. The molecular formula is C27H30O4. The van der Waals surface area contributed by atoms with Crippen molar-refractivity contribution in [2.24, 2.45) is 5.92 Å². The second-order valence-electron chi connectivity index (χ2n) is 7.99. The van der Waals surface area contributed by atoms with Crippen LogP contribution in [-0.4, -0.2) is 24.0 Å². The van der Waals surface area contributed by atoms with Crippen molar-refractivity contribution in [1.29, 1.82) is 0 Å². The summed E-state index contributed by atoms with van der Waals surface area (Å²) in [5.74, 6) is -0.572. The molecule has 0 aromatic heterocycles. The van der Waals surface area contributed by atoms with Gasteiger partial charge in [-0.3, -0.25) is 14.4 Å². The Morgan fingerprint density at radius 1 is 1.00 bits per heavy atom. The van der Waals surface area contributed by atoms with Gasteiger partial charge in [0.2, 0.25) is 0 Å². The van der Waals surface area contributed by atoms with Crippen molar-refractivity contribution in [2.75, 3.05) is 6.61 Å². The van der Waals surface area contributed by atoms with E-state index >= 15 is 0 Å². The summed E-state index contributed by atoms with van der Waals surface area (Å²) >= 11 is 0. The maximum absolute atomic E-state index is 13.5. The van der Waals surface area contributed by atoms with Crippen LogP contribution >= 0.6 is 0 Å². The highest BCUT2D eigenvalue weighted by atomic mass is 16.5. The SMILES string of the molecule is CCCCCC(=O)c1ccc2c(c1)/C(=C(/OCC)c1ccccc1)C(=O)C(C(C)=O)C2. The lowest BCUT2D eigenvalue weighted by atomic mass is 9.76. The van der Waals surface area contributed by atoms with Gasteiger partial charge in [0, 0.05) is 17.5 Å². The molecule has 162 valence electrons. The van der Waals surface area contributed by atoms with Gasteiger partial charge in [-0.05, 0) is 43.9 Å². The summed E-state index contributed by atoms with van der Waals surface area (Å²) in [6, 6.07) is 15.0. The van der Waals surface area contributed by atoms with Crippen LogP contribution in [0.25, 0.3) is 11.3 Å². The number of rotatable bonds is 9. The Morgan fingerprint density at radius 2 is 1.74 bits per heavy atom. The number of carbonyl (C=O) groups excluding carboxylic acids is 3. The van der Waals surface area contributed by atoms with Gasteiger partial charge in [-0.1, -0.05) is 62.2 Å². The number of unbranched alkanes of at least 4 members (excludes halogenated alkanes) is 2. The van der Waals surface area contributed by atoms with E-state index in [1.807, 2.05) is 55.5 Å². The molecule has 0 N–H and O–H groups in total. The number of ketones is 3. The molecule has 0 radical (unpaired) electrons. The van der Waals surface area contributed by atoms with Crippen molar-refractivity contribution < 1.29 is 19.1 Å². The Balaban J connectivity index is 2.17. The van der Waals surface area contributed by atoms with Gasteiger partial charge in [0.1, 0.15) is 11.5 Å². The number of allylic oxidation sites excluding steroid dienone is 1. The Hall–Kier alpha value is -3.01. The van der Waals surface area contributed by atoms with Gasteiger partial charge in [0.15, 0.2) is 11.6 Å². The Labute approximate surface area is 184 Å². The number of carbonyl (C=O) groups is 3. The molecule has 4 nitrogen and oxygen atoms in total. The van der Waals surface area contributed by atoms with E-state index in [0.717, 1.165) is 30.4 Å². The maximum atomic E-state index is 13.5. The number of fused-ring (bicyclic) bond motifs is 1. The van der Waals surface area contributed by atoms with E-state index < -0.39 is 5.92 Å². The van der Waals surface area contributed by atoms with Crippen LogP contribution in [0.1, 0.15) is 73.5 Å². The molecule has 0 saturated heterocycles. The summed E-state index contributed by atoms with van der Waals surface area (Å²) in [6.45, 7) is 5.82. The van der Waals surface area contributed by atoms with Crippen molar-refractivity contribution in [1.82, 2.24) is 0 Å². The van der Waals surface area contributed by atoms with Gasteiger partial charge in [0.25, 0.3) is 0 Å². The van der Waals surface area contributed by atoms with Gasteiger partial charge in [-0.15, -0.1) is 0 Å². The molecule has 0 fully saturated rings. The van der Waals surface area contributed by atoms with Crippen molar-refractivity contribution in [3.63, 3.8) is 0 Å². The molecule has 2 aromatic carbocycles. The summed E-state index contributed by atoms with van der Waals surface area (Å²) in [5.41, 5.74) is 3.38. The second kappa shape index (κ2) is 10.3. The number of hydrogen-bond acceptors (Lipinski definition) is 4. The van der Waals surface area contributed by atoms with Gasteiger partial charge in [0.05, 0.1) is 18.1 Å². The molecule has 0 aliphatic heterocycles. The fourth-order valence-corrected chi connectivity index (χ4v) is 4.06. The van der Waals surface area contributed by atoms with Crippen LogP contribution in [0.3, 0.4) is 0 Å². The predicted molar refractivity (Wildman–Crippen MR) is 123 cm³/mol. The number of ether oxygens (including phenoxy) is 1. The van der Waals surface area contributed by atoms with Gasteiger partial charge in [-0.25, -0.2) is 0 Å². The minimum atomic E-state index is -0.729. The van der Waals surface area contributed by atoms with Crippen LogP contribution in [0.2, 0.25) is 0 Å². The fraction of sp³-hybridized carbons (Fsp3) is 0.370. The summed E-state index contributed by atoms with van der Waals surface area (Å²) in [6.07, 6.45) is 3.77. The summed E-state index contributed by atoms with van der Waals surface area (Å²) in [5, 5.41) is 0. The van der Waals surface area contributed by atoms with Crippen LogP contribution < -0.4 is 0 Å². The third-order valence-electron chi connectivity index (χ3n) is 5.74. The predicted octanol–water partition coefficient (Wildman–Crippen LogP) is 5.68. The van der Waals surface area contributed by atoms with Gasteiger partial charge < -0.3 is 4.74 Å². The summed E-state index contributed by atoms with van der Waals surface area (Å²) in [7, 11) is 0. The van der Waals surface area contributed by atoms with Crippen molar-refractivity contribution in [3.8, 4) is 0 Å². The van der Waals surface area contributed by atoms with Crippen LogP contribution in [0.4, 0.5) is 0 Å².